The van der Waals surface area contributed by atoms with Crippen molar-refractivity contribution in [2.45, 2.75) is 18.4 Å². The summed E-state index contributed by atoms with van der Waals surface area (Å²) < 4.78 is 17.2. The molecule has 0 N–H and O–H groups in total. The van der Waals surface area contributed by atoms with Crippen LogP contribution in [0.15, 0.2) is 60.7 Å². The van der Waals surface area contributed by atoms with E-state index in [0.29, 0.717) is 35.9 Å². The van der Waals surface area contributed by atoms with Gasteiger partial charge in [-0.1, -0.05) is 30.3 Å². The first kappa shape index (κ1) is 24.3. The molecular weight excluding hydrogens is 482 g/mol. The molecule has 38 heavy (non-hydrogen) atoms. The average molecular weight is 514 g/mol. The predicted octanol–water partition coefficient (Wildman–Crippen LogP) is 3.66. The predicted molar refractivity (Wildman–Crippen MR) is 143 cm³/mol. The van der Waals surface area contributed by atoms with Crippen LogP contribution in [0, 0.1) is 0 Å². The topological polar surface area (TPSA) is 71.6 Å². The fourth-order valence-electron chi connectivity index (χ4n) is 5.60. The number of benzene rings is 3. The van der Waals surface area contributed by atoms with Gasteiger partial charge in [-0.15, -0.1) is 0 Å². The molecule has 3 aromatic carbocycles. The van der Waals surface area contributed by atoms with E-state index in [-0.39, 0.29) is 25.2 Å². The van der Waals surface area contributed by atoms with Crippen molar-refractivity contribution in [3.63, 3.8) is 0 Å². The fourth-order valence-corrected chi connectivity index (χ4v) is 5.60. The first-order valence-corrected chi connectivity index (χ1v) is 12.9. The van der Waals surface area contributed by atoms with Crippen molar-refractivity contribution in [3.05, 3.63) is 82.9 Å². The molecule has 2 amide bonds. The summed E-state index contributed by atoms with van der Waals surface area (Å²) in [6.07, 6.45) is 0.917. The van der Waals surface area contributed by atoms with Crippen LogP contribution < -0.4 is 19.1 Å². The van der Waals surface area contributed by atoms with E-state index in [9.17, 15) is 9.59 Å². The third kappa shape index (κ3) is 3.87. The summed E-state index contributed by atoms with van der Waals surface area (Å²) in [4.78, 5) is 32.7. The zero-order chi connectivity index (χ0) is 26.4. The lowest BCUT2D eigenvalue weighted by molar-refractivity contribution is -0.122. The normalized spacial score (nSPS) is 18.6. The van der Waals surface area contributed by atoms with Gasteiger partial charge in [-0.3, -0.25) is 9.59 Å². The first-order valence-electron chi connectivity index (χ1n) is 12.9. The van der Waals surface area contributed by atoms with Crippen molar-refractivity contribution in [2.24, 2.45) is 0 Å². The number of carbonyl (C=O) groups is 2. The van der Waals surface area contributed by atoms with Gasteiger partial charge >= 0.3 is 0 Å². The van der Waals surface area contributed by atoms with Gasteiger partial charge < -0.3 is 28.9 Å². The van der Waals surface area contributed by atoms with E-state index in [0.717, 1.165) is 35.3 Å². The Labute approximate surface area is 222 Å². The Morgan fingerprint density at radius 3 is 2.39 bits per heavy atom. The minimum Gasteiger partial charge on any atom is -0.491 e. The maximum Gasteiger partial charge on any atom is 0.253 e. The molecule has 1 atom stereocenters. The zero-order valence-electron chi connectivity index (χ0n) is 21.9. The molecule has 0 fully saturated rings. The standard InChI is InChI=1S/C30H31N3O5/c1-31(2)13-6-14-32(3)28(34)21-11-9-20(10-12-21)17-33-24-8-5-4-7-22(24)30(29(33)35)18-36-25-16-27-26(15-23(25)30)37-19-38-27/h4-5,7-12,15-16H,6,13-14,17-19H2,1-3H3. The summed E-state index contributed by atoms with van der Waals surface area (Å²) in [5.41, 5.74) is 3.25. The number of fused-ring (bicyclic) bond motifs is 5. The number of nitrogens with zero attached hydrogens (tertiary/aromatic N) is 3. The van der Waals surface area contributed by atoms with E-state index >= 15 is 0 Å². The quantitative estimate of drug-likeness (QED) is 0.480. The van der Waals surface area contributed by atoms with E-state index in [2.05, 4.69) is 4.90 Å². The van der Waals surface area contributed by atoms with Crippen LogP contribution in [0.1, 0.15) is 33.5 Å². The van der Waals surface area contributed by atoms with Crippen molar-refractivity contribution in [1.82, 2.24) is 9.80 Å². The van der Waals surface area contributed by atoms with Crippen LogP contribution in [0.5, 0.6) is 17.2 Å². The number of ether oxygens (including phenoxy) is 3. The first-order chi connectivity index (χ1) is 18.4. The molecule has 0 saturated carbocycles. The molecule has 0 bridgehead atoms. The summed E-state index contributed by atoms with van der Waals surface area (Å²) in [5, 5.41) is 0. The van der Waals surface area contributed by atoms with Gasteiger partial charge in [0, 0.05) is 36.5 Å². The van der Waals surface area contributed by atoms with Crippen LogP contribution >= 0.6 is 0 Å². The lowest BCUT2D eigenvalue weighted by Gasteiger charge is -2.23. The lowest BCUT2D eigenvalue weighted by atomic mass is 9.77. The molecule has 0 radical (unpaired) electrons. The van der Waals surface area contributed by atoms with Crippen LogP contribution in [0.25, 0.3) is 0 Å². The monoisotopic (exact) mass is 513 g/mol. The molecule has 1 spiro atoms. The number of rotatable bonds is 7. The maximum absolute atomic E-state index is 14.2. The van der Waals surface area contributed by atoms with Gasteiger partial charge in [0.05, 0.1) is 6.54 Å². The number of para-hydroxylation sites is 1. The third-order valence-electron chi connectivity index (χ3n) is 7.63. The maximum atomic E-state index is 14.2. The molecule has 0 aliphatic carbocycles. The fraction of sp³-hybridized carbons (Fsp3) is 0.333. The summed E-state index contributed by atoms with van der Waals surface area (Å²) >= 11 is 0. The number of anilines is 1. The largest absolute Gasteiger partial charge is 0.491 e. The molecule has 6 rings (SSSR count). The summed E-state index contributed by atoms with van der Waals surface area (Å²) in [6, 6.07) is 19.1. The van der Waals surface area contributed by atoms with E-state index in [1.807, 2.05) is 86.7 Å². The molecule has 1 unspecified atom stereocenters. The molecule has 3 aromatic rings. The van der Waals surface area contributed by atoms with Gasteiger partial charge in [-0.05, 0) is 62.5 Å². The number of hydrogen-bond donors (Lipinski definition) is 0. The Bertz CT molecular complexity index is 1400. The Morgan fingerprint density at radius 2 is 1.63 bits per heavy atom. The minimum absolute atomic E-state index is 0.00436. The summed E-state index contributed by atoms with van der Waals surface area (Å²) in [5.74, 6) is 1.88. The molecule has 3 aliphatic rings. The molecule has 196 valence electrons. The van der Waals surface area contributed by atoms with Crippen LogP contribution in [0.3, 0.4) is 0 Å². The van der Waals surface area contributed by atoms with E-state index in [1.54, 1.807) is 4.90 Å². The highest BCUT2D eigenvalue weighted by atomic mass is 16.7. The highest BCUT2D eigenvalue weighted by molar-refractivity contribution is 6.11. The second-order valence-electron chi connectivity index (χ2n) is 10.4. The molecule has 8 heteroatoms. The molecule has 0 aromatic heterocycles. The summed E-state index contributed by atoms with van der Waals surface area (Å²) in [6.45, 7) is 2.41. The van der Waals surface area contributed by atoms with Gasteiger partial charge in [0.2, 0.25) is 12.7 Å². The van der Waals surface area contributed by atoms with E-state index < -0.39 is 5.41 Å². The smallest absolute Gasteiger partial charge is 0.253 e. The van der Waals surface area contributed by atoms with E-state index in [4.69, 9.17) is 14.2 Å². The van der Waals surface area contributed by atoms with Crippen molar-refractivity contribution >= 4 is 17.5 Å². The van der Waals surface area contributed by atoms with Gasteiger partial charge in [0.25, 0.3) is 5.91 Å². The van der Waals surface area contributed by atoms with Crippen molar-refractivity contribution in [3.8, 4) is 17.2 Å². The summed E-state index contributed by atoms with van der Waals surface area (Å²) in [7, 11) is 5.89. The molecule has 3 heterocycles. The number of carbonyl (C=O) groups excluding carboxylic acids is 2. The Kier molecular flexibility index (Phi) is 5.99. The van der Waals surface area contributed by atoms with Crippen molar-refractivity contribution in [2.75, 3.05) is 52.5 Å². The number of amides is 2. The highest BCUT2D eigenvalue weighted by Gasteiger charge is 2.57. The van der Waals surface area contributed by atoms with Crippen LogP contribution in [-0.2, 0) is 16.8 Å². The Balaban J connectivity index is 1.25. The highest BCUT2D eigenvalue weighted by Crippen LogP contribution is 2.55. The molecule has 3 aliphatic heterocycles. The third-order valence-corrected chi connectivity index (χ3v) is 7.63. The van der Waals surface area contributed by atoms with Crippen LogP contribution in [0.4, 0.5) is 5.69 Å². The Morgan fingerprint density at radius 1 is 0.895 bits per heavy atom. The van der Waals surface area contributed by atoms with Crippen LogP contribution in [0.2, 0.25) is 0 Å². The number of hydrogen-bond acceptors (Lipinski definition) is 6. The minimum atomic E-state index is -0.932. The van der Waals surface area contributed by atoms with Gasteiger partial charge in [0.1, 0.15) is 17.8 Å². The van der Waals surface area contributed by atoms with Gasteiger partial charge in [0.15, 0.2) is 11.5 Å². The van der Waals surface area contributed by atoms with Crippen LogP contribution in [-0.4, -0.2) is 69.2 Å². The van der Waals surface area contributed by atoms with Gasteiger partial charge in [-0.2, -0.15) is 0 Å². The molecule has 8 nitrogen and oxygen atoms in total. The second-order valence-corrected chi connectivity index (χ2v) is 10.4. The van der Waals surface area contributed by atoms with Crippen molar-refractivity contribution in [1.29, 1.82) is 0 Å². The SMILES string of the molecule is CN(C)CCCN(C)C(=O)c1ccc(CN2C(=O)C3(COc4cc5c(cc43)OCO5)c3ccccc32)cc1. The average Bonchev–Trinajstić information content (AvgIpc) is 3.60. The lowest BCUT2D eigenvalue weighted by Crippen LogP contribution is -2.42. The van der Waals surface area contributed by atoms with Crippen molar-refractivity contribution < 1.29 is 23.8 Å². The second kappa shape index (κ2) is 9.36. The zero-order valence-corrected chi connectivity index (χ0v) is 21.9. The molecular formula is C30H31N3O5. The Hall–Kier alpha value is -4.04. The molecule has 0 saturated heterocycles. The van der Waals surface area contributed by atoms with Gasteiger partial charge in [-0.25, -0.2) is 0 Å². The van der Waals surface area contributed by atoms with E-state index in [1.165, 1.54) is 0 Å².